The lowest BCUT2D eigenvalue weighted by Gasteiger charge is -2.02. The zero-order valence-electron chi connectivity index (χ0n) is 11.5. The molecule has 0 aliphatic rings. The minimum atomic E-state index is 0.471. The van der Waals surface area contributed by atoms with E-state index in [9.17, 15) is 0 Å². The second kappa shape index (κ2) is 4.24. The smallest absolute Gasteiger partial charge is 0.103 e. The maximum atomic E-state index is 5.82. The largest absolute Gasteiger partial charge is 0.347 e. The molecule has 0 aliphatic heterocycles. The van der Waals surface area contributed by atoms with Gasteiger partial charge < -0.3 is 15.3 Å². The first-order valence-corrected chi connectivity index (χ1v) is 6.43. The third-order valence-corrected chi connectivity index (χ3v) is 3.74. The van der Waals surface area contributed by atoms with E-state index in [1.165, 1.54) is 22.2 Å². The highest BCUT2D eigenvalue weighted by atomic mass is 15.0. The van der Waals surface area contributed by atoms with E-state index in [0.717, 1.165) is 17.2 Å². The van der Waals surface area contributed by atoms with Crippen LogP contribution in [-0.2, 0) is 13.6 Å². The second-order valence-corrected chi connectivity index (χ2v) is 4.89. The lowest BCUT2D eigenvalue weighted by atomic mass is 10.1. The van der Waals surface area contributed by atoms with E-state index in [1.54, 1.807) is 0 Å². The molecule has 4 heteroatoms. The molecule has 3 N–H and O–H groups in total. The summed E-state index contributed by atoms with van der Waals surface area (Å²) in [6.07, 6.45) is 0. The molecule has 0 spiro atoms. The van der Waals surface area contributed by atoms with E-state index in [-0.39, 0.29) is 0 Å². The number of hydrogen-bond donors (Lipinski definition) is 2. The van der Waals surface area contributed by atoms with Crippen molar-refractivity contribution in [3.8, 4) is 11.3 Å². The van der Waals surface area contributed by atoms with Crippen LogP contribution in [0.25, 0.3) is 22.2 Å². The summed E-state index contributed by atoms with van der Waals surface area (Å²) < 4.78 is 2.20. The van der Waals surface area contributed by atoms with Crippen molar-refractivity contribution in [2.24, 2.45) is 12.8 Å². The highest BCUT2D eigenvalue weighted by Crippen LogP contribution is 2.34. The first-order chi connectivity index (χ1) is 9.13. The second-order valence-electron chi connectivity index (χ2n) is 4.89. The predicted molar refractivity (Wildman–Crippen MR) is 77.9 cm³/mol. The first-order valence-electron chi connectivity index (χ1n) is 6.43. The Morgan fingerprint density at radius 3 is 2.74 bits per heavy atom. The SMILES string of the molecule is Cc1nc(-c2c(C)n(C)c3ccccc23)c(CN)[nH]1. The number of nitrogens with two attached hydrogens (primary N) is 1. The lowest BCUT2D eigenvalue weighted by molar-refractivity contribution is 0.918. The van der Waals surface area contributed by atoms with Crippen molar-refractivity contribution in [2.75, 3.05) is 0 Å². The van der Waals surface area contributed by atoms with Crippen LogP contribution in [0, 0.1) is 13.8 Å². The Bertz CT molecular complexity index is 749. The zero-order valence-corrected chi connectivity index (χ0v) is 11.5. The minimum Gasteiger partial charge on any atom is -0.347 e. The summed E-state index contributed by atoms with van der Waals surface area (Å²) in [6.45, 7) is 4.56. The molecule has 0 fully saturated rings. The van der Waals surface area contributed by atoms with Gasteiger partial charge in [-0.05, 0) is 19.9 Å². The van der Waals surface area contributed by atoms with Crippen LogP contribution in [0.1, 0.15) is 17.2 Å². The number of aromatic amines is 1. The highest BCUT2D eigenvalue weighted by molar-refractivity contribution is 5.97. The number of fused-ring (bicyclic) bond motifs is 1. The van der Waals surface area contributed by atoms with Crippen molar-refractivity contribution < 1.29 is 0 Å². The number of para-hydroxylation sites is 1. The van der Waals surface area contributed by atoms with Gasteiger partial charge in [0.25, 0.3) is 0 Å². The molecule has 0 atom stereocenters. The summed E-state index contributed by atoms with van der Waals surface area (Å²) in [5.41, 5.74) is 11.4. The van der Waals surface area contributed by atoms with Crippen molar-refractivity contribution >= 4 is 10.9 Å². The summed E-state index contributed by atoms with van der Waals surface area (Å²) in [5, 5.41) is 1.23. The average molecular weight is 254 g/mol. The normalized spacial score (nSPS) is 11.4. The maximum absolute atomic E-state index is 5.82. The first kappa shape index (κ1) is 12.0. The van der Waals surface area contributed by atoms with Crippen LogP contribution >= 0.6 is 0 Å². The lowest BCUT2D eigenvalue weighted by Crippen LogP contribution is -1.99. The van der Waals surface area contributed by atoms with E-state index in [2.05, 4.69) is 52.8 Å². The van der Waals surface area contributed by atoms with Gasteiger partial charge in [0, 0.05) is 35.8 Å². The third kappa shape index (κ3) is 1.68. The molecular weight excluding hydrogens is 236 g/mol. The van der Waals surface area contributed by atoms with Gasteiger partial charge in [-0.2, -0.15) is 0 Å². The Balaban J connectivity index is 2.39. The number of nitrogens with zero attached hydrogens (tertiary/aromatic N) is 2. The molecule has 3 rings (SSSR count). The van der Waals surface area contributed by atoms with Crippen LogP contribution in [0.3, 0.4) is 0 Å². The van der Waals surface area contributed by atoms with E-state index < -0.39 is 0 Å². The highest BCUT2D eigenvalue weighted by Gasteiger charge is 2.18. The van der Waals surface area contributed by atoms with Gasteiger partial charge in [0.1, 0.15) is 5.82 Å². The van der Waals surface area contributed by atoms with Gasteiger partial charge >= 0.3 is 0 Å². The monoisotopic (exact) mass is 254 g/mol. The summed E-state index contributed by atoms with van der Waals surface area (Å²) in [7, 11) is 2.09. The van der Waals surface area contributed by atoms with Gasteiger partial charge in [-0.25, -0.2) is 4.98 Å². The van der Waals surface area contributed by atoms with Crippen LogP contribution < -0.4 is 5.73 Å². The standard InChI is InChI=1S/C15H18N4/c1-9-14(15-12(8-16)17-10(2)18-15)11-6-4-5-7-13(11)19(9)3/h4-7H,8,16H2,1-3H3,(H,17,18). The Kier molecular flexibility index (Phi) is 2.68. The van der Waals surface area contributed by atoms with Gasteiger partial charge in [0.2, 0.25) is 0 Å². The summed E-state index contributed by atoms with van der Waals surface area (Å²) in [4.78, 5) is 7.88. The summed E-state index contributed by atoms with van der Waals surface area (Å²) >= 11 is 0. The molecule has 4 nitrogen and oxygen atoms in total. The van der Waals surface area contributed by atoms with Crippen LogP contribution in [0.2, 0.25) is 0 Å². The quantitative estimate of drug-likeness (QED) is 0.738. The van der Waals surface area contributed by atoms with Gasteiger partial charge in [-0.1, -0.05) is 18.2 Å². The molecule has 0 saturated carbocycles. The van der Waals surface area contributed by atoms with Crippen LogP contribution in [-0.4, -0.2) is 14.5 Å². The van der Waals surface area contributed by atoms with Crippen molar-refractivity contribution in [2.45, 2.75) is 20.4 Å². The molecular formula is C15H18N4. The van der Waals surface area contributed by atoms with Crippen molar-refractivity contribution in [1.29, 1.82) is 0 Å². The number of H-pyrrole nitrogens is 1. The van der Waals surface area contributed by atoms with E-state index in [0.29, 0.717) is 6.54 Å². The fourth-order valence-electron chi connectivity index (χ4n) is 2.71. The molecule has 1 aromatic carbocycles. The molecule has 3 aromatic rings. The Labute approximate surface area is 112 Å². The zero-order chi connectivity index (χ0) is 13.6. The topological polar surface area (TPSA) is 59.6 Å². The molecule has 0 aliphatic carbocycles. The minimum absolute atomic E-state index is 0.471. The van der Waals surface area contributed by atoms with Crippen molar-refractivity contribution in [3.05, 3.63) is 41.5 Å². The average Bonchev–Trinajstić information content (AvgIpc) is 2.90. The van der Waals surface area contributed by atoms with Gasteiger partial charge in [-0.15, -0.1) is 0 Å². The number of benzene rings is 1. The van der Waals surface area contributed by atoms with Gasteiger partial charge in [0.05, 0.1) is 11.4 Å². The maximum Gasteiger partial charge on any atom is 0.103 e. The molecule has 0 radical (unpaired) electrons. The third-order valence-electron chi connectivity index (χ3n) is 3.74. The summed E-state index contributed by atoms with van der Waals surface area (Å²) in [5.74, 6) is 0.905. The molecule has 0 unspecified atom stereocenters. The number of aromatic nitrogens is 3. The van der Waals surface area contributed by atoms with Crippen LogP contribution in [0.15, 0.2) is 24.3 Å². The molecule has 0 amide bonds. The number of rotatable bonds is 2. The number of hydrogen-bond acceptors (Lipinski definition) is 2. The van der Waals surface area contributed by atoms with E-state index in [4.69, 9.17) is 5.73 Å². The van der Waals surface area contributed by atoms with Gasteiger partial charge in [-0.3, -0.25) is 0 Å². The number of nitrogens with one attached hydrogen (secondary N) is 1. The van der Waals surface area contributed by atoms with Crippen LogP contribution in [0.4, 0.5) is 0 Å². The fourth-order valence-corrected chi connectivity index (χ4v) is 2.71. The van der Waals surface area contributed by atoms with Gasteiger partial charge in [0.15, 0.2) is 0 Å². The number of imidazole rings is 1. The predicted octanol–water partition coefficient (Wildman–Crippen LogP) is 2.64. The molecule has 0 saturated heterocycles. The molecule has 2 heterocycles. The molecule has 98 valence electrons. The van der Waals surface area contributed by atoms with Crippen molar-refractivity contribution in [3.63, 3.8) is 0 Å². The Morgan fingerprint density at radius 1 is 1.26 bits per heavy atom. The molecule has 0 bridgehead atoms. The van der Waals surface area contributed by atoms with E-state index in [1.807, 2.05) is 6.92 Å². The fraction of sp³-hybridized carbons (Fsp3) is 0.267. The Hall–Kier alpha value is -2.07. The van der Waals surface area contributed by atoms with E-state index >= 15 is 0 Å². The van der Waals surface area contributed by atoms with Crippen molar-refractivity contribution in [1.82, 2.24) is 14.5 Å². The summed E-state index contributed by atoms with van der Waals surface area (Å²) in [6, 6.07) is 8.40. The molecule has 19 heavy (non-hydrogen) atoms. The van der Waals surface area contributed by atoms with Crippen LogP contribution in [0.5, 0.6) is 0 Å². The number of aryl methyl sites for hydroxylation is 2. The molecule has 2 aromatic heterocycles. The Morgan fingerprint density at radius 2 is 2.00 bits per heavy atom.